The summed E-state index contributed by atoms with van der Waals surface area (Å²) in [5, 5.41) is 12.3. The van der Waals surface area contributed by atoms with E-state index in [0.29, 0.717) is 6.04 Å². The molecule has 1 aliphatic rings. The van der Waals surface area contributed by atoms with E-state index in [1.165, 1.54) is 19.3 Å². The predicted octanol–water partition coefficient (Wildman–Crippen LogP) is 1.36. The maximum Gasteiger partial charge on any atom is 0.0967 e. The SMILES string of the molecule is CCCN(C)CCC(C#N)NC1CC1. The second-order valence-electron chi connectivity index (χ2n) is 4.21. The molecule has 14 heavy (non-hydrogen) atoms. The molecule has 1 unspecified atom stereocenters. The fourth-order valence-electron chi connectivity index (χ4n) is 1.56. The normalized spacial score (nSPS) is 18.1. The smallest absolute Gasteiger partial charge is 0.0967 e. The lowest BCUT2D eigenvalue weighted by molar-refractivity contribution is 0.318. The zero-order chi connectivity index (χ0) is 10.4. The van der Waals surface area contributed by atoms with Crippen molar-refractivity contribution in [3.05, 3.63) is 0 Å². The van der Waals surface area contributed by atoms with E-state index in [4.69, 9.17) is 5.26 Å². The molecule has 0 heterocycles. The molecule has 3 nitrogen and oxygen atoms in total. The van der Waals surface area contributed by atoms with E-state index >= 15 is 0 Å². The van der Waals surface area contributed by atoms with Gasteiger partial charge in [-0.2, -0.15) is 5.26 Å². The van der Waals surface area contributed by atoms with Gasteiger partial charge in [0.05, 0.1) is 12.1 Å². The molecule has 0 saturated heterocycles. The molecule has 1 aliphatic carbocycles. The van der Waals surface area contributed by atoms with Crippen molar-refractivity contribution in [3.63, 3.8) is 0 Å². The number of nitrogens with one attached hydrogen (secondary N) is 1. The summed E-state index contributed by atoms with van der Waals surface area (Å²) in [7, 11) is 2.12. The van der Waals surface area contributed by atoms with Gasteiger partial charge >= 0.3 is 0 Å². The molecule has 0 aliphatic heterocycles. The third kappa shape index (κ3) is 4.59. The van der Waals surface area contributed by atoms with Crippen LogP contribution in [0.5, 0.6) is 0 Å². The molecule has 0 amide bonds. The van der Waals surface area contributed by atoms with Crippen molar-refractivity contribution in [2.24, 2.45) is 0 Å². The van der Waals surface area contributed by atoms with Crippen molar-refractivity contribution < 1.29 is 0 Å². The molecule has 0 bridgehead atoms. The van der Waals surface area contributed by atoms with Crippen molar-refractivity contribution in [1.29, 1.82) is 5.26 Å². The highest BCUT2D eigenvalue weighted by molar-refractivity contribution is 4.95. The van der Waals surface area contributed by atoms with Crippen LogP contribution in [0.2, 0.25) is 0 Å². The van der Waals surface area contributed by atoms with Crippen LogP contribution in [0.15, 0.2) is 0 Å². The average Bonchev–Trinajstić information content (AvgIpc) is 2.96. The van der Waals surface area contributed by atoms with Crippen molar-refractivity contribution in [1.82, 2.24) is 10.2 Å². The molecule has 1 atom stereocenters. The number of nitrogens with zero attached hydrogens (tertiary/aromatic N) is 2. The maximum absolute atomic E-state index is 8.91. The molecule has 1 fully saturated rings. The second kappa shape index (κ2) is 6.00. The van der Waals surface area contributed by atoms with Gasteiger partial charge in [0.25, 0.3) is 0 Å². The lowest BCUT2D eigenvalue weighted by Gasteiger charge is -2.17. The first-order chi connectivity index (χ1) is 6.76. The van der Waals surface area contributed by atoms with Gasteiger partial charge in [-0.05, 0) is 39.3 Å². The Hall–Kier alpha value is -0.590. The van der Waals surface area contributed by atoms with Gasteiger partial charge in [0.15, 0.2) is 0 Å². The van der Waals surface area contributed by atoms with Gasteiger partial charge in [0.1, 0.15) is 0 Å². The monoisotopic (exact) mass is 195 g/mol. The maximum atomic E-state index is 8.91. The summed E-state index contributed by atoms with van der Waals surface area (Å²) in [5.74, 6) is 0. The highest BCUT2D eigenvalue weighted by Gasteiger charge is 2.24. The van der Waals surface area contributed by atoms with E-state index in [0.717, 1.165) is 19.5 Å². The van der Waals surface area contributed by atoms with Crippen molar-refractivity contribution in [2.75, 3.05) is 20.1 Å². The summed E-state index contributed by atoms with van der Waals surface area (Å²) in [6.45, 7) is 4.33. The van der Waals surface area contributed by atoms with Gasteiger partial charge in [-0.25, -0.2) is 0 Å². The van der Waals surface area contributed by atoms with Crippen molar-refractivity contribution in [3.8, 4) is 6.07 Å². The Morgan fingerprint density at radius 2 is 2.21 bits per heavy atom. The average molecular weight is 195 g/mol. The van der Waals surface area contributed by atoms with Crippen LogP contribution in [0, 0.1) is 11.3 Å². The molecule has 1 saturated carbocycles. The van der Waals surface area contributed by atoms with Crippen LogP contribution in [0.1, 0.15) is 32.6 Å². The fourth-order valence-corrected chi connectivity index (χ4v) is 1.56. The van der Waals surface area contributed by atoms with Crippen molar-refractivity contribution in [2.45, 2.75) is 44.7 Å². The Morgan fingerprint density at radius 1 is 1.50 bits per heavy atom. The second-order valence-corrected chi connectivity index (χ2v) is 4.21. The minimum Gasteiger partial charge on any atom is -0.306 e. The first kappa shape index (κ1) is 11.5. The zero-order valence-corrected chi connectivity index (χ0v) is 9.29. The molecule has 0 aromatic rings. The number of rotatable bonds is 7. The Bertz CT molecular complexity index is 193. The fraction of sp³-hybridized carbons (Fsp3) is 0.909. The lowest BCUT2D eigenvalue weighted by atomic mass is 10.2. The zero-order valence-electron chi connectivity index (χ0n) is 9.29. The van der Waals surface area contributed by atoms with Gasteiger partial charge in [-0.1, -0.05) is 6.92 Å². The molecule has 0 aromatic heterocycles. The molecule has 1 rings (SSSR count). The van der Waals surface area contributed by atoms with Crippen LogP contribution >= 0.6 is 0 Å². The highest BCUT2D eigenvalue weighted by atomic mass is 15.1. The Morgan fingerprint density at radius 3 is 2.71 bits per heavy atom. The third-order valence-corrected chi connectivity index (χ3v) is 2.57. The topological polar surface area (TPSA) is 39.1 Å². The summed E-state index contributed by atoms with van der Waals surface area (Å²) < 4.78 is 0. The van der Waals surface area contributed by atoms with Gasteiger partial charge in [-0.15, -0.1) is 0 Å². The number of hydrogen-bond donors (Lipinski definition) is 1. The van der Waals surface area contributed by atoms with Crippen LogP contribution in [0.25, 0.3) is 0 Å². The van der Waals surface area contributed by atoms with Gasteiger partial charge in [0, 0.05) is 12.6 Å². The van der Waals surface area contributed by atoms with E-state index in [9.17, 15) is 0 Å². The predicted molar refractivity (Wildman–Crippen MR) is 58.0 cm³/mol. The molecular weight excluding hydrogens is 174 g/mol. The molecule has 0 spiro atoms. The van der Waals surface area contributed by atoms with Crippen LogP contribution in [0.3, 0.4) is 0 Å². The van der Waals surface area contributed by atoms with Gasteiger partial charge in [-0.3, -0.25) is 5.32 Å². The van der Waals surface area contributed by atoms with Crippen LogP contribution in [0.4, 0.5) is 0 Å². The van der Waals surface area contributed by atoms with E-state index < -0.39 is 0 Å². The van der Waals surface area contributed by atoms with Crippen LogP contribution < -0.4 is 5.32 Å². The summed E-state index contributed by atoms with van der Waals surface area (Å²) >= 11 is 0. The van der Waals surface area contributed by atoms with E-state index in [2.05, 4.69) is 30.3 Å². The minimum absolute atomic E-state index is 0.0572. The molecule has 0 radical (unpaired) electrons. The quantitative estimate of drug-likeness (QED) is 0.666. The van der Waals surface area contributed by atoms with E-state index in [1.54, 1.807) is 0 Å². The van der Waals surface area contributed by atoms with Gasteiger partial charge < -0.3 is 4.90 Å². The summed E-state index contributed by atoms with van der Waals surface area (Å²) in [4.78, 5) is 2.29. The highest BCUT2D eigenvalue weighted by Crippen LogP contribution is 2.19. The largest absolute Gasteiger partial charge is 0.306 e. The van der Waals surface area contributed by atoms with Crippen LogP contribution in [-0.2, 0) is 0 Å². The van der Waals surface area contributed by atoms with E-state index in [1.807, 2.05) is 0 Å². The summed E-state index contributed by atoms with van der Waals surface area (Å²) in [6.07, 6.45) is 4.64. The molecular formula is C11H21N3. The Balaban J connectivity index is 2.10. The first-order valence-electron chi connectivity index (χ1n) is 5.60. The lowest BCUT2D eigenvalue weighted by Crippen LogP contribution is -2.33. The standard InChI is InChI=1S/C11H21N3/c1-3-7-14(2)8-6-11(9-12)13-10-4-5-10/h10-11,13H,3-8H2,1-2H3. The number of hydrogen-bond acceptors (Lipinski definition) is 3. The molecule has 3 heteroatoms. The van der Waals surface area contributed by atoms with E-state index in [-0.39, 0.29) is 6.04 Å². The number of nitriles is 1. The Kier molecular flexibility index (Phi) is 4.92. The molecule has 80 valence electrons. The first-order valence-corrected chi connectivity index (χ1v) is 5.60. The molecule has 0 aromatic carbocycles. The van der Waals surface area contributed by atoms with Crippen LogP contribution in [-0.4, -0.2) is 37.1 Å². The molecule has 1 N–H and O–H groups in total. The van der Waals surface area contributed by atoms with Gasteiger partial charge in [0.2, 0.25) is 0 Å². The minimum atomic E-state index is 0.0572. The third-order valence-electron chi connectivity index (χ3n) is 2.57. The summed E-state index contributed by atoms with van der Waals surface area (Å²) in [6, 6.07) is 3.03. The Labute approximate surface area is 87.1 Å². The summed E-state index contributed by atoms with van der Waals surface area (Å²) in [5.41, 5.74) is 0. The van der Waals surface area contributed by atoms with Crippen molar-refractivity contribution >= 4 is 0 Å².